The van der Waals surface area contributed by atoms with Crippen LogP contribution in [-0.4, -0.2) is 15.6 Å². The highest BCUT2D eigenvalue weighted by Gasteiger charge is 2.10. The van der Waals surface area contributed by atoms with E-state index in [4.69, 9.17) is 9.84 Å². The molecule has 0 aliphatic carbocycles. The summed E-state index contributed by atoms with van der Waals surface area (Å²) in [6.45, 7) is 0.924. The summed E-state index contributed by atoms with van der Waals surface area (Å²) in [7, 11) is 1.73. The van der Waals surface area contributed by atoms with Crippen molar-refractivity contribution in [2.75, 3.05) is 0 Å². The summed E-state index contributed by atoms with van der Waals surface area (Å²) >= 11 is 0. The average Bonchev–Trinajstić information content (AvgIpc) is 2.73. The SMILES string of the molecule is Cn1c(COCc2ccccc2)ccc1C(=O)O. The van der Waals surface area contributed by atoms with Gasteiger partial charge in [0.1, 0.15) is 5.69 Å². The molecule has 0 aliphatic rings. The average molecular weight is 245 g/mol. The first kappa shape index (κ1) is 12.4. The molecule has 0 amide bonds. The number of aromatic carboxylic acids is 1. The molecule has 4 heteroatoms. The molecular formula is C14H15NO3. The molecule has 0 saturated carbocycles. The van der Waals surface area contributed by atoms with Crippen molar-refractivity contribution in [1.82, 2.24) is 4.57 Å². The first-order chi connectivity index (χ1) is 8.68. The third-order valence-corrected chi connectivity index (χ3v) is 2.81. The highest BCUT2D eigenvalue weighted by molar-refractivity contribution is 5.86. The highest BCUT2D eigenvalue weighted by atomic mass is 16.5. The van der Waals surface area contributed by atoms with Crippen LogP contribution in [0.3, 0.4) is 0 Å². The topological polar surface area (TPSA) is 51.5 Å². The number of ether oxygens (including phenoxy) is 1. The molecule has 1 aromatic carbocycles. The molecule has 0 atom stereocenters. The van der Waals surface area contributed by atoms with Gasteiger partial charge in [0.2, 0.25) is 0 Å². The largest absolute Gasteiger partial charge is 0.477 e. The Bertz CT molecular complexity index is 531. The van der Waals surface area contributed by atoms with Crippen molar-refractivity contribution in [3.63, 3.8) is 0 Å². The summed E-state index contributed by atoms with van der Waals surface area (Å²) in [5, 5.41) is 8.92. The molecule has 1 N–H and O–H groups in total. The number of benzene rings is 1. The van der Waals surface area contributed by atoms with Crippen LogP contribution in [0.5, 0.6) is 0 Å². The van der Waals surface area contributed by atoms with E-state index in [0.717, 1.165) is 11.3 Å². The fraction of sp³-hybridized carbons (Fsp3) is 0.214. The third-order valence-electron chi connectivity index (χ3n) is 2.81. The van der Waals surface area contributed by atoms with E-state index in [9.17, 15) is 4.79 Å². The molecule has 2 aromatic rings. The van der Waals surface area contributed by atoms with Crippen LogP contribution in [0.1, 0.15) is 21.7 Å². The van der Waals surface area contributed by atoms with Gasteiger partial charge in [0, 0.05) is 12.7 Å². The van der Waals surface area contributed by atoms with Crippen LogP contribution in [0.4, 0.5) is 0 Å². The minimum absolute atomic E-state index is 0.272. The summed E-state index contributed by atoms with van der Waals surface area (Å²) in [6, 6.07) is 13.2. The summed E-state index contributed by atoms with van der Waals surface area (Å²) in [5.41, 5.74) is 2.22. The fourth-order valence-corrected chi connectivity index (χ4v) is 1.76. The second-order valence-electron chi connectivity index (χ2n) is 4.05. The van der Waals surface area contributed by atoms with E-state index >= 15 is 0 Å². The van der Waals surface area contributed by atoms with Gasteiger partial charge in [-0.2, -0.15) is 0 Å². The van der Waals surface area contributed by atoms with E-state index in [1.807, 2.05) is 30.3 Å². The lowest BCUT2D eigenvalue weighted by Gasteiger charge is -2.06. The zero-order valence-electron chi connectivity index (χ0n) is 10.2. The molecular weight excluding hydrogens is 230 g/mol. The van der Waals surface area contributed by atoms with Crippen molar-refractivity contribution in [3.8, 4) is 0 Å². The second-order valence-corrected chi connectivity index (χ2v) is 4.05. The summed E-state index contributed by atoms with van der Waals surface area (Å²) < 4.78 is 7.20. The third kappa shape index (κ3) is 2.78. The Kier molecular flexibility index (Phi) is 3.79. The molecule has 1 aromatic heterocycles. The quantitative estimate of drug-likeness (QED) is 0.880. The fourth-order valence-electron chi connectivity index (χ4n) is 1.76. The summed E-state index contributed by atoms with van der Waals surface area (Å²) in [4.78, 5) is 10.9. The summed E-state index contributed by atoms with van der Waals surface area (Å²) in [6.07, 6.45) is 0. The van der Waals surface area contributed by atoms with Gasteiger partial charge in [0.15, 0.2) is 0 Å². The first-order valence-electron chi connectivity index (χ1n) is 5.68. The number of rotatable bonds is 5. The van der Waals surface area contributed by atoms with Crippen LogP contribution in [0.15, 0.2) is 42.5 Å². The predicted molar refractivity (Wildman–Crippen MR) is 67.3 cm³/mol. The van der Waals surface area contributed by atoms with Crippen LogP contribution in [0.2, 0.25) is 0 Å². The van der Waals surface area contributed by atoms with Crippen LogP contribution in [-0.2, 0) is 25.0 Å². The smallest absolute Gasteiger partial charge is 0.352 e. The molecule has 0 unspecified atom stereocenters. The van der Waals surface area contributed by atoms with Crippen molar-refractivity contribution < 1.29 is 14.6 Å². The van der Waals surface area contributed by atoms with Crippen LogP contribution < -0.4 is 0 Å². The van der Waals surface area contributed by atoms with Gasteiger partial charge in [0.25, 0.3) is 0 Å². The Morgan fingerprint density at radius 1 is 1.17 bits per heavy atom. The zero-order valence-corrected chi connectivity index (χ0v) is 10.2. The van der Waals surface area contributed by atoms with Gasteiger partial charge >= 0.3 is 5.97 Å². The molecule has 18 heavy (non-hydrogen) atoms. The number of aromatic nitrogens is 1. The normalized spacial score (nSPS) is 10.5. The van der Waals surface area contributed by atoms with Gasteiger partial charge in [-0.05, 0) is 17.7 Å². The predicted octanol–water partition coefficient (Wildman–Crippen LogP) is 2.44. The van der Waals surface area contributed by atoms with Crippen molar-refractivity contribution in [1.29, 1.82) is 0 Å². The number of carboxylic acids is 1. The van der Waals surface area contributed by atoms with Crippen molar-refractivity contribution in [3.05, 3.63) is 59.4 Å². The van der Waals surface area contributed by atoms with Gasteiger partial charge in [0.05, 0.1) is 13.2 Å². The van der Waals surface area contributed by atoms with Crippen molar-refractivity contribution >= 4 is 5.97 Å². The maximum atomic E-state index is 10.9. The van der Waals surface area contributed by atoms with Gasteiger partial charge in [-0.3, -0.25) is 0 Å². The lowest BCUT2D eigenvalue weighted by atomic mass is 10.2. The second kappa shape index (κ2) is 5.51. The lowest BCUT2D eigenvalue weighted by Crippen LogP contribution is -2.07. The van der Waals surface area contributed by atoms with Crippen molar-refractivity contribution in [2.45, 2.75) is 13.2 Å². The van der Waals surface area contributed by atoms with Crippen molar-refractivity contribution in [2.24, 2.45) is 7.05 Å². The summed E-state index contributed by atoms with van der Waals surface area (Å²) in [5.74, 6) is -0.924. The van der Waals surface area contributed by atoms with E-state index in [-0.39, 0.29) is 5.69 Å². The maximum absolute atomic E-state index is 10.9. The molecule has 0 radical (unpaired) electrons. The Morgan fingerprint density at radius 3 is 2.50 bits per heavy atom. The van der Waals surface area contributed by atoms with Gasteiger partial charge in [-0.1, -0.05) is 30.3 Å². The van der Waals surface area contributed by atoms with Crippen LogP contribution >= 0.6 is 0 Å². The molecule has 0 saturated heterocycles. The molecule has 2 rings (SSSR count). The first-order valence-corrected chi connectivity index (χ1v) is 5.68. The van der Waals surface area contributed by atoms with E-state index in [1.54, 1.807) is 23.7 Å². The molecule has 0 spiro atoms. The lowest BCUT2D eigenvalue weighted by molar-refractivity contribution is 0.0683. The zero-order chi connectivity index (χ0) is 13.0. The van der Waals surface area contributed by atoms with E-state index in [2.05, 4.69) is 0 Å². The number of nitrogens with zero attached hydrogens (tertiary/aromatic N) is 1. The number of hydrogen-bond donors (Lipinski definition) is 1. The van der Waals surface area contributed by atoms with Gasteiger partial charge in [-0.15, -0.1) is 0 Å². The molecule has 0 fully saturated rings. The number of carboxylic acid groups (broad SMARTS) is 1. The molecule has 4 nitrogen and oxygen atoms in total. The van der Waals surface area contributed by atoms with Crippen LogP contribution in [0.25, 0.3) is 0 Å². The molecule has 0 bridgehead atoms. The van der Waals surface area contributed by atoms with Crippen LogP contribution in [0, 0.1) is 0 Å². The monoisotopic (exact) mass is 245 g/mol. The molecule has 94 valence electrons. The maximum Gasteiger partial charge on any atom is 0.352 e. The Balaban J connectivity index is 1.93. The minimum Gasteiger partial charge on any atom is -0.477 e. The number of carbonyl (C=O) groups is 1. The van der Waals surface area contributed by atoms with Gasteiger partial charge < -0.3 is 14.4 Å². The Hall–Kier alpha value is -2.07. The standard InChI is InChI=1S/C14H15NO3/c1-15-12(7-8-13(15)14(16)17)10-18-9-11-5-3-2-4-6-11/h2-8H,9-10H2,1H3,(H,16,17). The highest BCUT2D eigenvalue weighted by Crippen LogP contribution is 2.10. The Morgan fingerprint density at radius 2 is 1.89 bits per heavy atom. The van der Waals surface area contributed by atoms with E-state index in [0.29, 0.717) is 13.2 Å². The molecule has 1 heterocycles. The van der Waals surface area contributed by atoms with E-state index < -0.39 is 5.97 Å². The van der Waals surface area contributed by atoms with Gasteiger partial charge in [-0.25, -0.2) is 4.79 Å². The number of hydrogen-bond acceptors (Lipinski definition) is 2. The van der Waals surface area contributed by atoms with E-state index in [1.165, 1.54) is 0 Å². The minimum atomic E-state index is -0.924. The molecule has 0 aliphatic heterocycles. The Labute approximate surface area is 105 Å².